The Morgan fingerprint density at radius 1 is 1.12 bits per heavy atom. The van der Waals surface area contributed by atoms with Crippen LogP contribution in [-0.2, 0) is 16.1 Å². The van der Waals surface area contributed by atoms with Gasteiger partial charge in [0, 0.05) is 24.7 Å². The van der Waals surface area contributed by atoms with Gasteiger partial charge in [0.05, 0.1) is 12.5 Å². The zero-order valence-corrected chi connectivity index (χ0v) is 18.0. The number of carbonyl (C=O) groups is 2. The molecule has 1 atom stereocenters. The van der Waals surface area contributed by atoms with Gasteiger partial charge in [0.15, 0.2) is 0 Å². The summed E-state index contributed by atoms with van der Waals surface area (Å²) >= 11 is 0. The van der Waals surface area contributed by atoms with Gasteiger partial charge in [0.25, 0.3) is 0 Å². The highest BCUT2D eigenvalue weighted by Crippen LogP contribution is 2.29. The summed E-state index contributed by atoms with van der Waals surface area (Å²) in [6, 6.07) is 15.8. The third-order valence-corrected chi connectivity index (χ3v) is 5.56. The van der Waals surface area contributed by atoms with Crippen molar-refractivity contribution in [3.8, 4) is 22.5 Å². The number of unbranched alkanes of at least 4 members (excludes halogenated alkanes) is 1. The first-order valence-corrected chi connectivity index (χ1v) is 10.8. The lowest BCUT2D eigenvalue weighted by Crippen LogP contribution is -2.38. The van der Waals surface area contributed by atoms with E-state index in [0.29, 0.717) is 18.9 Å². The van der Waals surface area contributed by atoms with Crippen LogP contribution in [0.15, 0.2) is 60.7 Å². The molecule has 1 aliphatic rings. The van der Waals surface area contributed by atoms with E-state index in [2.05, 4.69) is 32.9 Å². The molecule has 0 aliphatic carbocycles. The number of tetrazole rings is 1. The van der Waals surface area contributed by atoms with Gasteiger partial charge in [-0.05, 0) is 28.3 Å². The molecular formula is C24H26N6O2. The SMILES string of the molecule is CCCCN1C(=O)C=C[C@@H]1CC(=O)NCc1ccc(-c2ccccc2-c2nn[nH]n2)cc1. The molecule has 1 aromatic heterocycles. The molecule has 0 fully saturated rings. The highest BCUT2D eigenvalue weighted by atomic mass is 16.2. The Labute approximate surface area is 186 Å². The van der Waals surface area contributed by atoms with E-state index in [0.717, 1.165) is 35.1 Å². The lowest BCUT2D eigenvalue weighted by Gasteiger charge is -2.24. The highest BCUT2D eigenvalue weighted by molar-refractivity contribution is 5.91. The molecule has 1 aliphatic heterocycles. The minimum atomic E-state index is -0.155. The maximum atomic E-state index is 12.5. The summed E-state index contributed by atoms with van der Waals surface area (Å²) in [6.45, 7) is 3.21. The molecule has 0 radical (unpaired) electrons. The lowest BCUT2D eigenvalue weighted by atomic mass is 9.98. The quantitative estimate of drug-likeness (QED) is 0.543. The molecule has 4 rings (SSSR count). The van der Waals surface area contributed by atoms with Crippen LogP contribution in [0.2, 0.25) is 0 Å². The molecule has 2 amide bonds. The van der Waals surface area contributed by atoms with Crippen molar-refractivity contribution in [1.82, 2.24) is 30.8 Å². The number of H-pyrrole nitrogens is 1. The maximum Gasteiger partial charge on any atom is 0.246 e. The summed E-state index contributed by atoms with van der Waals surface area (Å²) in [7, 11) is 0. The van der Waals surface area contributed by atoms with Crippen molar-refractivity contribution in [3.05, 3.63) is 66.2 Å². The van der Waals surface area contributed by atoms with Crippen LogP contribution in [0.1, 0.15) is 31.7 Å². The van der Waals surface area contributed by atoms with Gasteiger partial charge in [-0.15, -0.1) is 10.2 Å². The van der Waals surface area contributed by atoms with Gasteiger partial charge >= 0.3 is 0 Å². The van der Waals surface area contributed by atoms with Gasteiger partial charge in [0.2, 0.25) is 17.6 Å². The largest absolute Gasteiger partial charge is 0.352 e. The van der Waals surface area contributed by atoms with Crippen molar-refractivity contribution >= 4 is 11.8 Å². The first-order chi connectivity index (χ1) is 15.7. The van der Waals surface area contributed by atoms with E-state index in [1.54, 1.807) is 11.0 Å². The average molecular weight is 431 g/mol. The Hall–Kier alpha value is -3.81. The summed E-state index contributed by atoms with van der Waals surface area (Å²) in [4.78, 5) is 26.2. The predicted molar refractivity (Wildman–Crippen MR) is 121 cm³/mol. The van der Waals surface area contributed by atoms with Crippen molar-refractivity contribution in [2.75, 3.05) is 6.54 Å². The monoisotopic (exact) mass is 430 g/mol. The Morgan fingerprint density at radius 3 is 2.62 bits per heavy atom. The van der Waals surface area contributed by atoms with Crippen LogP contribution in [0.5, 0.6) is 0 Å². The standard InChI is InChI=1S/C24H26N6O2/c1-2-3-14-30-19(12-13-23(30)32)15-22(31)25-16-17-8-10-18(11-9-17)20-6-4-5-7-21(20)24-26-28-29-27-24/h4-13,19H,2-3,14-16H2,1H3,(H,25,31)(H,26,27,28,29)/t19-/m1/s1. The van der Waals surface area contributed by atoms with Crippen molar-refractivity contribution in [2.24, 2.45) is 0 Å². The Bertz CT molecular complexity index is 1090. The first kappa shape index (κ1) is 21.4. The summed E-state index contributed by atoms with van der Waals surface area (Å²) in [6.07, 6.45) is 5.63. The van der Waals surface area contributed by atoms with E-state index in [-0.39, 0.29) is 24.3 Å². The molecular weight excluding hydrogens is 404 g/mol. The number of hydrogen-bond donors (Lipinski definition) is 2. The second-order valence-electron chi connectivity index (χ2n) is 7.77. The zero-order chi connectivity index (χ0) is 22.3. The second-order valence-corrected chi connectivity index (χ2v) is 7.77. The number of hydrogen-bond acceptors (Lipinski definition) is 5. The lowest BCUT2D eigenvalue weighted by molar-refractivity contribution is -0.127. The van der Waals surface area contributed by atoms with Crippen molar-refractivity contribution in [1.29, 1.82) is 0 Å². The van der Waals surface area contributed by atoms with Gasteiger partial charge in [-0.1, -0.05) is 68.0 Å². The first-order valence-electron chi connectivity index (χ1n) is 10.8. The number of rotatable bonds is 9. The van der Waals surface area contributed by atoms with Crippen LogP contribution in [-0.4, -0.2) is 49.9 Å². The molecule has 2 aromatic carbocycles. The summed E-state index contributed by atoms with van der Waals surface area (Å²) in [5.74, 6) is 0.472. The van der Waals surface area contributed by atoms with E-state index in [1.807, 2.05) is 54.6 Å². The van der Waals surface area contributed by atoms with Crippen LogP contribution < -0.4 is 5.32 Å². The third kappa shape index (κ3) is 4.91. The number of aromatic amines is 1. The number of carbonyl (C=O) groups excluding carboxylic acids is 2. The van der Waals surface area contributed by atoms with E-state index in [4.69, 9.17) is 0 Å². The molecule has 2 N–H and O–H groups in total. The molecule has 0 saturated carbocycles. The molecule has 0 saturated heterocycles. The fraction of sp³-hybridized carbons (Fsp3) is 0.292. The molecule has 0 bridgehead atoms. The van der Waals surface area contributed by atoms with Crippen LogP contribution in [0.4, 0.5) is 0 Å². The smallest absolute Gasteiger partial charge is 0.246 e. The second kappa shape index (κ2) is 10.00. The molecule has 0 unspecified atom stereocenters. The van der Waals surface area contributed by atoms with Gasteiger partial charge in [-0.3, -0.25) is 9.59 Å². The van der Waals surface area contributed by atoms with Gasteiger partial charge in [-0.25, -0.2) is 0 Å². The predicted octanol–water partition coefficient (Wildman–Crippen LogP) is 3.11. The Balaban J connectivity index is 1.36. The van der Waals surface area contributed by atoms with E-state index < -0.39 is 0 Å². The Kier molecular flexibility index (Phi) is 6.69. The number of nitrogens with one attached hydrogen (secondary N) is 2. The van der Waals surface area contributed by atoms with Crippen LogP contribution in [0.3, 0.4) is 0 Å². The van der Waals surface area contributed by atoms with Crippen molar-refractivity contribution in [3.63, 3.8) is 0 Å². The topological polar surface area (TPSA) is 104 Å². The summed E-state index contributed by atoms with van der Waals surface area (Å²) in [5.41, 5.74) is 3.94. The molecule has 3 aromatic rings. The van der Waals surface area contributed by atoms with Crippen LogP contribution in [0.25, 0.3) is 22.5 Å². The normalized spacial score (nSPS) is 15.3. The molecule has 2 heterocycles. The van der Waals surface area contributed by atoms with Crippen LogP contribution in [0, 0.1) is 0 Å². The molecule has 8 heteroatoms. The van der Waals surface area contributed by atoms with Crippen molar-refractivity contribution in [2.45, 2.75) is 38.8 Å². The summed E-state index contributed by atoms with van der Waals surface area (Å²) in [5, 5.41) is 17.3. The maximum absolute atomic E-state index is 12.5. The third-order valence-electron chi connectivity index (χ3n) is 5.56. The molecule has 8 nitrogen and oxygen atoms in total. The minimum absolute atomic E-state index is 0.00654. The van der Waals surface area contributed by atoms with E-state index in [1.165, 1.54) is 0 Å². The molecule has 0 spiro atoms. The molecule has 164 valence electrons. The fourth-order valence-corrected chi connectivity index (χ4v) is 3.81. The van der Waals surface area contributed by atoms with Gasteiger partial charge in [-0.2, -0.15) is 5.21 Å². The van der Waals surface area contributed by atoms with E-state index in [9.17, 15) is 9.59 Å². The number of benzene rings is 2. The number of amides is 2. The molecule has 32 heavy (non-hydrogen) atoms. The summed E-state index contributed by atoms with van der Waals surface area (Å²) < 4.78 is 0. The fourth-order valence-electron chi connectivity index (χ4n) is 3.81. The minimum Gasteiger partial charge on any atom is -0.352 e. The van der Waals surface area contributed by atoms with Crippen molar-refractivity contribution < 1.29 is 9.59 Å². The number of nitrogens with zero attached hydrogens (tertiary/aromatic N) is 4. The van der Waals surface area contributed by atoms with Gasteiger partial charge in [0.1, 0.15) is 0 Å². The van der Waals surface area contributed by atoms with Gasteiger partial charge < -0.3 is 10.2 Å². The average Bonchev–Trinajstić information content (AvgIpc) is 3.47. The van der Waals surface area contributed by atoms with E-state index >= 15 is 0 Å². The van der Waals surface area contributed by atoms with Crippen LogP contribution >= 0.6 is 0 Å². The number of aromatic nitrogens is 4. The zero-order valence-electron chi connectivity index (χ0n) is 18.0. The Morgan fingerprint density at radius 2 is 1.91 bits per heavy atom. The highest BCUT2D eigenvalue weighted by Gasteiger charge is 2.26.